The summed E-state index contributed by atoms with van der Waals surface area (Å²) in [6.45, 7) is 0. The van der Waals surface area contributed by atoms with E-state index in [1.54, 1.807) is 0 Å². The largest absolute Gasteiger partial charge is 0.331 e. The van der Waals surface area contributed by atoms with Crippen LogP contribution >= 0.6 is 23.8 Å². The third-order valence-electron chi connectivity index (χ3n) is 6.16. The van der Waals surface area contributed by atoms with Crippen LogP contribution in [0, 0.1) is 33.3 Å². The number of halogens is 1. The fourth-order valence-electron chi connectivity index (χ4n) is 5.50. The molecule has 138 valence electrons. The van der Waals surface area contributed by atoms with E-state index < -0.39 is 4.92 Å². The molecule has 0 aliphatic heterocycles. The van der Waals surface area contributed by atoms with Crippen LogP contribution in [0.25, 0.3) is 0 Å². The summed E-state index contributed by atoms with van der Waals surface area (Å²) in [6, 6.07) is 4.09. The minimum Gasteiger partial charge on any atom is -0.331 e. The van der Waals surface area contributed by atoms with Gasteiger partial charge in [0.05, 0.1) is 21.0 Å². The Morgan fingerprint density at radius 1 is 1.19 bits per heavy atom. The molecule has 26 heavy (non-hydrogen) atoms. The highest BCUT2D eigenvalue weighted by molar-refractivity contribution is 7.80. The van der Waals surface area contributed by atoms with Gasteiger partial charge >= 0.3 is 0 Å². The Hall–Kier alpha value is -1.73. The van der Waals surface area contributed by atoms with Crippen LogP contribution in [-0.2, 0) is 4.79 Å². The highest BCUT2D eigenvalue weighted by atomic mass is 35.5. The first-order valence-electron chi connectivity index (χ1n) is 8.91. The lowest BCUT2D eigenvalue weighted by molar-refractivity contribution is -0.384. The van der Waals surface area contributed by atoms with E-state index in [-0.39, 0.29) is 27.1 Å². The SMILES string of the molecule is O=C(NC(=S)Nc1ccc([N+](=O)[O-])cc1Cl)C12CC3CC(CC(C3)C1)C2. The normalized spacial score (nSPS) is 31.5. The monoisotopic (exact) mass is 393 g/mol. The van der Waals surface area contributed by atoms with Crippen LogP contribution in [-0.4, -0.2) is 15.9 Å². The molecule has 1 aromatic carbocycles. The molecule has 0 radical (unpaired) electrons. The van der Waals surface area contributed by atoms with Crippen LogP contribution in [0.5, 0.6) is 0 Å². The molecule has 4 fully saturated rings. The quantitative estimate of drug-likeness (QED) is 0.455. The Balaban J connectivity index is 1.42. The number of nitro groups is 1. The number of rotatable bonds is 3. The lowest BCUT2D eigenvalue weighted by atomic mass is 9.49. The first-order chi connectivity index (χ1) is 12.3. The number of carbonyl (C=O) groups is 1. The summed E-state index contributed by atoms with van der Waals surface area (Å²) >= 11 is 11.3. The Labute approximate surface area is 161 Å². The average molecular weight is 394 g/mol. The molecular formula is C18H20ClN3O3S. The van der Waals surface area contributed by atoms with Gasteiger partial charge in [-0.1, -0.05) is 11.6 Å². The van der Waals surface area contributed by atoms with Crippen LogP contribution in [0.1, 0.15) is 38.5 Å². The van der Waals surface area contributed by atoms with Gasteiger partial charge in [0.2, 0.25) is 5.91 Å². The number of hydrogen-bond acceptors (Lipinski definition) is 4. The van der Waals surface area contributed by atoms with Crippen molar-refractivity contribution in [3.05, 3.63) is 33.3 Å². The van der Waals surface area contributed by atoms with Crippen molar-refractivity contribution in [1.82, 2.24) is 5.32 Å². The number of hydrogen-bond donors (Lipinski definition) is 2. The zero-order valence-electron chi connectivity index (χ0n) is 14.2. The third-order valence-corrected chi connectivity index (χ3v) is 6.68. The number of amides is 1. The topological polar surface area (TPSA) is 84.3 Å². The number of non-ortho nitro benzene ring substituents is 1. The van der Waals surface area contributed by atoms with Gasteiger partial charge in [0, 0.05) is 12.1 Å². The Morgan fingerprint density at radius 2 is 1.77 bits per heavy atom. The van der Waals surface area contributed by atoms with Crippen LogP contribution in [0.3, 0.4) is 0 Å². The van der Waals surface area contributed by atoms with Crippen molar-refractivity contribution in [2.24, 2.45) is 23.2 Å². The molecule has 0 spiro atoms. The van der Waals surface area contributed by atoms with Crippen LogP contribution in [0.4, 0.5) is 11.4 Å². The van der Waals surface area contributed by atoms with E-state index in [2.05, 4.69) is 10.6 Å². The van der Waals surface area contributed by atoms with Crippen LogP contribution in [0.2, 0.25) is 5.02 Å². The summed E-state index contributed by atoms with van der Waals surface area (Å²) in [5, 5.41) is 16.9. The van der Waals surface area contributed by atoms with Gasteiger partial charge in [0.25, 0.3) is 5.69 Å². The summed E-state index contributed by atoms with van der Waals surface area (Å²) in [7, 11) is 0. The molecule has 0 saturated heterocycles. The molecule has 4 aliphatic rings. The van der Waals surface area contributed by atoms with Gasteiger partial charge in [-0.25, -0.2) is 0 Å². The Kier molecular flexibility index (Phi) is 4.39. The van der Waals surface area contributed by atoms with Crippen LogP contribution in [0.15, 0.2) is 18.2 Å². The number of nitrogens with one attached hydrogen (secondary N) is 2. The molecule has 6 nitrogen and oxygen atoms in total. The maximum Gasteiger partial charge on any atom is 0.271 e. The van der Waals surface area contributed by atoms with Gasteiger partial charge in [0.15, 0.2) is 5.11 Å². The summed E-state index contributed by atoms with van der Waals surface area (Å²) in [5.74, 6) is 2.04. The van der Waals surface area contributed by atoms with Gasteiger partial charge in [-0.05, 0) is 74.6 Å². The maximum atomic E-state index is 13.0. The van der Waals surface area contributed by atoms with E-state index in [9.17, 15) is 14.9 Å². The summed E-state index contributed by atoms with van der Waals surface area (Å²) in [6.07, 6.45) is 6.71. The maximum absolute atomic E-state index is 13.0. The number of nitro benzene ring substituents is 1. The van der Waals surface area contributed by atoms with E-state index in [4.69, 9.17) is 23.8 Å². The summed E-state index contributed by atoms with van der Waals surface area (Å²) < 4.78 is 0. The first-order valence-corrected chi connectivity index (χ1v) is 9.70. The van der Waals surface area contributed by atoms with Gasteiger partial charge in [-0.3, -0.25) is 14.9 Å². The number of carbonyl (C=O) groups excluding carboxylic acids is 1. The van der Waals surface area contributed by atoms with Crippen molar-refractivity contribution >= 4 is 46.2 Å². The Bertz CT molecular complexity index is 763. The smallest absolute Gasteiger partial charge is 0.271 e. The Morgan fingerprint density at radius 3 is 2.27 bits per heavy atom. The first kappa shape index (κ1) is 17.7. The molecule has 0 aromatic heterocycles. The van der Waals surface area contributed by atoms with Crippen molar-refractivity contribution in [2.45, 2.75) is 38.5 Å². The van der Waals surface area contributed by atoms with Crippen LogP contribution < -0.4 is 10.6 Å². The molecular weight excluding hydrogens is 374 g/mol. The van der Waals surface area contributed by atoms with Gasteiger partial charge in [-0.2, -0.15) is 0 Å². The lowest BCUT2D eigenvalue weighted by Crippen LogP contribution is -2.55. The molecule has 4 bridgehead atoms. The molecule has 4 aliphatic carbocycles. The fraction of sp³-hybridized carbons (Fsp3) is 0.556. The van der Waals surface area contributed by atoms with E-state index in [0.29, 0.717) is 23.4 Å². The van der Waals surface area contributed by atoms with Crippen molar-refractivity contribution < 1.29 is 9.72 Å². The standard InChI is InChI=1S/C18H20ClN3O3S/c19-14-6-13(22(24)25)1-2-15(14)20-17(26)21-16(23)18-7-10-3-11(8-18)5-12(4-10)9-18/h1-2,6,10-12H,3-5,7-9H2,(H2,20,21,23,26). The van der Waals surface area contributed by atoms with E-state index in [1.807, 2.05) is 0 Å². The summed E-state index contributed by atoms with van der Waals surface area (Å²) in [4.78, 5) is 23.2. The van der Waals surface area contributed by atoms with Gasteiger partial charge in [-0.15, -0.1) is 0 Å². The number of thiocarbonyl (C=S) groups is 1. The highest BCUT2D eigenvalue weighted by Crippen LogP contribution is 2.60. The average Bonchev–Trinajstić information content (AvgIpc) is 2.55. The zero-order valence-corrected chi connectivity index (χ0v) is 15.7. The molecule has 8 heteroatoms. The molecule has 1 aromatic rings. The molecule has 5 rings (SSSR count). The number of benzene rings is 1. The highest BCUT2D eigenvalue weighted by Gasteiger charge is 2.54. The summed E-state index contributed by atoms with van der Waals surface area (Å²) in [5.41, 5.74) is 0.0666. The predicted molar refractivity (Wildman–Crippen MR) is 103 cm³/mol. The molecule has 2 N–H and O–H groups in total. The minimum absolute atomic E-state index is 0.00661. The number of anilines is 1. The lowest BCUT2D eigenvalue weighted by Gasteiger charge is -2.55. The predicted octanol–water partition coefficient (Wildman–Crippen LogP) is 4.28. The van der Waals surface area contributed by atoms with E-state index in [1.165, 1.54) is 37.5 Å². The van der Waals surface area contributed by atoms with Crippen molar-refractivity contribution in [3.63, 3.8) is 0 Å². The second-order valence-corrected chi connectivity index (χ2v) is 8.84. The minimum atomic E-state index is -0.511. The molecule has 0 atom stereocenters. The van der Waals surface area contributed by atoms with Crippen molar-refractivity contribution in [3.8, 4) is 0 Å². The molecule has 4 saturated carbocycles. The van der Waals surface area contributed by atoms with Gasteiger partial charge < -0.3 is 10.6 Å². The zero-order chi connectivity index (χ0) is 18.5. The third kappa shape index (κ3) is 3.18. The second-order valence-electron chi connectivity index (χ2n) is 8.03. The molecule has 0 unspecified atom stereocenters. The molecule has 0 heterocycles. The second kappa shape index (κ2) is 6.46. The number of nitrogens with zero attached hydrogens (tertiary/aromatic N) is 1. The van der Waals surface area contributed by atoms with Crippen molar-refractivity contribution in [1.29, 1.82) is 0 Å². The molecule has 1 amide bonds. The van der Waals surface area contributed by atoms with E-state index in [0.717, 1.165) is 19.3 Å². The van der Waals surface area contributed by atoms with Gasteiger partial charge in [0.1, 0.15) is 0 Å². The fourth-order valence-corrected chi connectivity index (χ4v) is 5.92. The van der Waals surface area contributed by atoms with Crippen molar-refractivity contribution in [2.75, 3.05) is 5.32 Å². The van der Waals surface area contributed by atoms with E-state index >= 15 is 0 Å².